The van der Waals surface area contributed by atoms with Crippen LogP contribution in [0.15, 0.2) is 82.6 Å². The lowest BCUT2D eigenvalue weighted by Crippen LogP contribution is -2.14. The van der Waals surface area contributed by atoms with Crippen molar-refractivity contribution in [2.24, 2.45) is 0 Å². The topological polar surface area (TPSA) is 73.0 Å². The molecule has 0 saturated carbocycles. The van der Waals surface area contributed by atoms with Gasteiger partial charge in [-0.15, -0.1) is 10.2 Å². The summed E-state index contributed by atoms with van der Waals surface area (Å²) < 4.78 is 7.51. The predicted molar refractivity (Wildman–Crippen MR) is 123 cm³/mol. The molecule has 7 heteroatoms. The van der Waals surface area contributed by atoms with Crippen LogP contribution in [0.5, 0.6) is 0 Å². The first kappa shape index (κ1) is 20.9. The third-order valence-electron chi connectivity index (χ3n) is 4.75. The van der Waals surface area contributed by atoms with Crippen LogP contribution in [0, 0.1) is 0 Å². The molecule has 4 aromatic rings. The van der Waals surface area contributed by atoms with E-state index in [1.807, 2.05) is 47.0 Å². The highest BCUT2D eigenvalue weighted by molar-refractivity contribution is 7.99. The van der Waals surface area contributed by atoms with Gasteiger partial charge in [0.2, 0.25) is 11.7 Å². The lowest BCUT2D eigenvalue weighted by Gasteiger charge is -2.10. The number of nitrogens with one attached hydrogen (secondary N) is 1. The number of carbonyl (C=O) groups excluding carboxylic acids is 1. The van der Waals surface area contributed by atoms with E-state index >= 15 is 0 Å². The third-order valence-corrected chi connectivity index (χ3v) is 5.72. The third kappa shape index (κ3) is 5.44. The van der Waals surface area contributed by atoms with E-state index in [2.05, 4.69) is 46.7 Å². The molecule has 0 aliphatic rings. The maximum Gasteiger partial charge on any atom is 0.234 e. The Hall–Kier alpha value is -3.32. The van der Waals surface area contributed by atoms with Crippen LogP contribution in [-0.4, -0.2) is 26.4 Å². The van der Waals surface area contributed by atoms with Gasteiger partial charge in [-0.25, -0.2) is 0 Å². The largest absolute Gasteiger partial charge is 0.461 e. The Balaban J connectivity index is 1.45. The molecule has 0 fully saturated rings. The van der Waals surface area contributed by atoms with Crippen LogP contribution in [0.2, 0.25) is 0 Å². The highest BCUT2D eigenvalue weighted by Crippen LogP contribution is 2.25. The number of hydrogen-bond acceptors (Lipinski definition) is 5. The summed E-state index contributed by atoms with van der Waals surface area (Å²) in [6.45, 7) is 2.74. The fourth-order valence-corrected chi connectivity index (χ4v) is 4.00. The fraction of sp³-hybridized carbons (Fsp3) is 0.208. The summed E-state index contributed by atoms with van der Waals surface area (Å²) in [5.74, 6) is 1.44. The van der Waals surface area contributed by atoms with Crippen molar-refractivity contribution in [2.75, 3.05) is 11.1 Å². The zero-order valence-electron chi connectivity index (χ0n) is 17.3. The predicted octanol–water partition coefficient (Wildman–Crippen LogP) is 5.27. The molecule has 0 spiro atoms. The molecule has 0 radical (unpaired) electrons. The molecule has 1 N–H and O–H groups in total. The normalized spacial score (nSPS) is 10.9. The van der Waals surface area contributed by atoms with E-state index in [0.29, 0.717) is 23.3 Å². The minimum atomic E-state index is -0.0814. The van der Waals surface area contributed by atoms with E-state index in [0.717, 1.165) is 24.1 Å². The number of anilines is 1. The molecule has 0 aliphatic heterocycles. The Kier molecular flexibility index (Phi) is 6.84. The molecule has 6 nitrogen and oxygen atoms in total. The fourth-order valence-electron chi connectivity index (χ4n) is 3.26. The van der Waals surface area contributed by atoms with Crippen molar-refractivity contribution in [1.29, 1.82) is 0 Å². The molecule has 4 rings (SSSR count). The van der Waals surface area contributed by atoms with Crippen LogP contribution >= 0.6 is 11.8 Å². The minimum absolute atomic E-state index is 0.0814. The minimum Gasteiger partial charge on any atom is -0.461 e. The zero-order chi connectivity index (χ0) is 21.5. The number of aryl methyl sites for hydroxylation is 1. The number of nitrogens with zero attached hydrogens (tertiary/aromatic N) is 3. The first-order valence-electron chi connectivity index (χ1n) is 10.3. The molecule has 0 aliphatic carbocycles. The van der Waals surface area contributed by atoms with Crippen LogP contribution in [0.1, 0.15) is 24.5 Å². The molecule has 0 atom stereocenters. The van der Waals surface area contributed by atoms with Gasteiger partial charge in [0.1, 0.15) is 0 Å². The Morgan fingerprint density at radius 2 is 1.81 bits per heavy atom. The quantitative estimate of drug-likeness (QED) is 0.365. The summed E-state index contributed by atoms with van der Waals surface area (Å²) in [4.78, 5) is 12.5. The smallest absolute Gasteiger partial charge is 0.234 e. The molecule has 2 aromatic carbocycles. The van der Waals surface area contributed by atoms with Crippen molar-refractivity contribution in [2.45, 2.75) is 31.5 Å². The number of hydrogen-bond donors (Lipinski definition) is 1. The van der Waals surface area contributed by atoms with Gasteiger partial charge in [0, 0.05) is 5.69 Å². The van der Waals surface area contributed by atoms with E-state index < -0.39 is 0 Å². The van der Waals surface area contributed by atoms with Crippen LogP contribution in [-0.2, 0) is 17.8 Å². The molecular formula is C24H24N4O2S. The lowest BCUT2D eigenvalue weighted by atomic mass is 10.1. The maximum absolute atomic E-state index is 12.5. The van der Waals surface area contributed by atoms with Crippen LogP contribution in [0.3, 0.4) is 0 Å². The molecule has 0 bridgehead atoms. The van der Waals surface area contributed by atoms with Crippen molar-refractivity contribution in [1.82, 2.24) is 14.8 Å². The van der Waals surface area contributed by atoms with Crippen molar-refractivity contribution in [3.8, 4) is 11.6 Å². The van der Waals surface area contributed by atoms with Crippen LogP contribution < -0.4 is 5.32 Å². The van der Waals surface area contributed by atoms with Gasteiger partial charge in [-0.05, 0) is 41.8 Å². The van der Waals surface area contributed by atoms with Crippen LogP contribution in [0.4, 0.5) is 5.69 Å². The van der Waals surface area contributed by atoms with Gasteiger partial charge in [0.25, 0.3) is 0 Å². The molecule has 0 unspecified atom stereocenters. The Morgan fingerprint density at radius 3 is 2.52 bits per heavy atom. The van der Waals surface area contributed by atoms with Crippen molar-refractivity contribution in [3.63, 3.8) is 0 Å². The van der Waals surface area contributed by atoms with Crippen molar-refractivity contribution in [3.05, 3.63) is 84.1 Å². The van der Waals surface area contributed by atoms with E-state index in [9.17, 15) is 4.79 Å². The summed E-state index contributed by atoms with van der Waals surface area (Å²) in [7, 11) is 0. The Morgan fingerprint density at radius 1 is 1.00 bits per heavy atom. The number of carbonyl (C=O) groups is 1. The van der Waals surface area contributed by atoms with Gasteiger partial charge >= 0.3 is 0 Å². The van der Waals surface area contributed by atoms with E-state index in [1.54, 1.807) is 6.26 Å². The molecule has 2 aromatic heterocycles. The number of aromatic nitrogens is 3. The van der Waals surface area contributed by atoms with Crippen molar-refractivity contribution >= 4 is 23.4 Å². The second-order valence-electron chi connectivity index (χ2n) is 7.14. The molecule has 2 heterocycles. The van der Waals surface area contributed by atoms with Gasteiger partial charge in [-0.2, -0.15) is 0 Å². The zero-order valence-corrected chi connectivity index (χ0v) is 18.1. The van der Waals surface area contributed by atoms with E-state index in [-0.39, 0.29) is 11.7 Å². The van der Waals surface area contributed by atoms with E-state index in [1.165, 1.54) is 17.3 Å². The highest BCUT2D eigenvalue weighted by Gasteiger charge is 2.18. The molecule has 31 heavy (non-hydrogen) atoms. The lowest BCUT2D eigenvalue weighted by molar-refractivity contribution is -0.113. The van der Waals surface area contributed by atoms with Gasteiger partial charge in [0.15, 0.2) is 10.9 Å². The summed E-state index contributed by atoms with van der Waals surface area (Å²) in [5.41, 5.74) is 3.19. The summed E-state index contributed by atoms with van der Waals surface area (Å²) in [6.07, 6.45) is 3.76. The summed E-state index contributed by atoms with van der Waals surface area (Å²) >= 11 is 1.36. The number of amides is 1. The molecule has 0 saturated heterocycles. The first-order valence-corrected chi connectivity index (χ1v) is 11.2. The van der Waals surface area contributed by atoms with E-state index in [4.69, 9.17) is 4.42 Å². The van der Waals surface area contributed by atoms with Gasteiger partial charge in [-0.3, -0.25) is 9.36 Å². The average Bonchev–Trinajstić information content (AvgIpc) is 3.45. The highest BCUT2D eigenvalue weighted by atomic mass is 32.2. The van der Waals surface area contributed by atoms with Gasteiger partial charge < -0.3 is 9.73 Å². The number of thioether (sulfide) groups is 1. The summed E-state index contributed by atoms with van der Waals surface area (Å²) in [6, 6.07) is 21.8. The summed E-state index contributed by atoms with van der Waals surface area (Å²) in [5, 5.41) is 12.2. The maximum atomic E-state index is 12.5. The average molecular weight is 433 g/mol. The van der Waals surface area contributed by atoms with Crippen molar-refractivity contribution < 1.29 is 9.21 Å². The van der Waals surface area contributed by atoms with Gasteiger partial charge in [-0.1, -0.05) is 67.6 Å². The standard InChI is InChI=1S/C24H24N4O2S/c1-2-7-18-11-13-20(14-12-18)25-22(29)17-31-24-27-26-23(21-10-6-15-30-21)28(24)16-19-8-4-3-5-9-19/h3-6,8-15H,2,7,16-17H2,1H3,(H,25,29). The molecule has 158 valence electrons. The van der Waals surface area contributed by atoms with Gasteiger partial charge in [0.05, 0.1) is 18.6 Å². The number of rotatable bonds is 9. The second kappa shape index (κ2) is 10.1. The Labute approximate surface area is 185 Å². The second-order valence-corrected chi connectivity index (χ2v) is 8.08. The SMILES string of the molecule is CCCc1ccc(NC(=O)CSc2nnc(-c3ccco3)n2Cc2ccccc2)cc1. The number of furan rings is 1. The monoisotopic (exact) mass is 432 g/mol. The first-order chi connectivity index (χ1) is 15.2. The molecular weight excluding hydrogens is 408 g/mol. The van der Waals surface area contributed by atoms with Crippen LogP contribution in [0.25, 0.3) is 11.6 Å². The Bertz CT molecular complexity index is 1110. The molecule has 1 amide bonds. The number of benzene rings is 2.